The van der Waals surface area contributed by atoms with Crippen LogP contribution in [0.5, 0.6) is 5.75 Å². The van der Waals surface area contributed by atoms with E-state index in [9.17, 15) is 18.0 Å². The SMILES string of the molecule is CO[C@H]1CN(C)C(=O)c2ccc(NS(C)(=O)=O)cc2OC[C@H](C)N(C(=O)C2CCCC2)C[C@@H]1C. The van der Waals surface area contributed by atoms with E-state index in [0.717, 1.165) is 31.9 Å². The molecule has 0 saturated heterocycles. The second-order valence-corrected chi connectivity index (χ2v) is 11.4. The Balaban J connectivity index is 1.97. The lowest BCUT2D eigenvalue weighted by atomic mass is 9.99. The summed E-state index contributed by atoms with van der Waals surface area (Å²) < 4.78 is 37.6. The first kappa shape index (κ1) is 26.3. The maximum atomic E-state index is 13.4. The summed E-state index contributed by atoms with van der Waals surface area (Å²) in [5, 5.41) is 0. The van der Waals surface area contributed by atoms with Crippen molar-refractivity contribution >= 4 is 27.5 Å². The van der Waals surface area contributed by atoms with Crippen LogP contribution in [0.2, 0.25) is 0 Å². The first-order valence-corrected chi connectivity index (χ1v) is 13.7. The predicted molar refractivity (Wildman–Crippen MR) is 130 cm³/mol. The van der Waals surface area contributed by atoms with Gasteiger partial charge in [-0.05, 0) is 31.9 Å². The molecule has 1 saturated carbocycles. The third-order valence-corrected chi connectivity index (χ3v) is 7.34. The van der Waals surface area contributed by atoms with E-state index < -0.39 is 10.0 Å². The highest BCUT2D eigenvalue weighted by Gasteiger charge is 2.34. The summed E-state index contributed by atoms with van der Waals surface area (Å²) in [7, 11) is -0.175. The number of carbonyl (C=O) groups is 2. The fourth-order valence-electron chi connectivity index (χ4n) is 4.76. The van der Waals surface area contributed by atoms with Crippen LogP contribution in [-0.4, -0.2) is 82.3 Å². The minimum Gasteiger partial charge on any atom is -0.491 e. The molecular weight excluding hydrogens is 458 g/mol. The van der Waals surface area contributed by atoms with E-state index in [1.54, 1.807) is 25.1 Å². The Morgan fingerprint density at radius 2 is 1.85 bits per heavy atom. The molecule has 1 aliphatic carbocycles. The molecule has 0 spiro atoms. The normalized spacial score (nSPS) is 25.2. The summed E-state index contributed by atoms with van der Waals surface area (Å²) >= 11 is 0. The summed E-state index contributed by atoms with van der Waals surface area (Å²) in [5.41, 5.74) is 0.629. The van der Waals surface area contributed by atoms with Crippen molar-refractivity contribution in [3.05, 3.63) is 23.8 Å². The number of benzene rings is 1. The fourth-order valence-corrected chi connectivity index (χ4v) is 5.32. The van der Waals surface area contributed by atoms with Crippen LogP contribution in [0.1, 0.15) is 49.9 Å². The number of anilines is 1. The average Bonchev–Trinajstić information content (AvgIpc) is 3.31. The number of hydrogen-bond donors (Lipinski definition) is 1. The smallest absolute Gasteiger partial charge is 0.257 e. The fraction of sp³-hybridized carbons (Fsp3) is 0.667. The van der Waals surface area contributed by atoms with Crippen molar-refractivity contribution in [1.82, 2.24) is 9.80 Å². The molecule has 2 aliphatic rings. The van der Waals surface area contributed by atoms with Crippen LogP contribution in [0.3, 0.4) is 0 Å². The molecule has 1 aliphatic heterocycles. The quantitative estimate of drug-likeness (QED) is 0.688. The van der Waals surface area contributed by atoms with Gasteiger partial charge in [0.1, 0.15) is 12.4 Å². The van der Waals surface area contributed by atoms with Gasteiger partial charge in [-0.2, -0.15) is 0 Å². The van der Waals surface area contributed by atoms with E-state index in [0.29, 0.717) is 24.3 Å². The van der Waals surface area contributed by atoms with Crippen LogP contribution < -0.4 is 9.46 Å². The molecule has 0 bridgehead atoms. The Kier molecular flexibility index (Phi) is 8.46. The zero-order valence-corrected chi connectivity index (χ0v) is 21.6. The van der Waals surface area contributed by atoms with Gasteiger partial charge in [-0.25, -0.2) is 8.42 Å². The second-order valence-electron chi connectivity index (χ2n) is 9.65. The number of nitrogens with one attached hydrogen (secondary N) is 1. The molecule has 2 amide bonds. The molecule has 0 aromatic heterocycles. The van der Waals surface area contributed by atoms with Gasteiger partial charge in [0.05, 0.1) is 29.7 Å². The molecule has 1 aromatic rings. The molecule has 190 valence electrons. The number of sulfonamides is 1. The van der Waals surface area contributed by atoms with Gasteiger partial charge in [0, 0.05) is 45.1 Å². The van der Waals surface area contributed by atoms with Crippen LogP contribution >= 0.6 is 0 Å². The minimum atomic E-state index is -3.50. The minimum absolute atomic E-state index is 0.00767. The number of fused-ring (bicyclic) bond motifs is 1. The van der Waals surface area contributed by atoms with Gasteiger partial charge in [-0.15, -0.1) is 0 Å². The van der Waals surface area contributed by atoms with E-state index in [1.807, 2.05) is 18.7 Å². The summed E-state index contributed by atoms with van der Waals surface area (Å²) in [6.45, 7) is 5.01. The monoisotopic (exact) mass is 495 g/mol. The van der Waals surface area contributed by atoms with Gasteiger partial charge in [0.25, 0.3) is 5.91 Å². The maximum Gasteiger partial charge on any atom is 0.257 e. The van der Waals surface area contributed by atoms with Gasteiger partial charge in [-0.3, -0.25) is 14.3 Å². The van der Waals surface area contributed by atoms with Crippen LogP contribution in [0.25, 0.3) is 0 Å². The average molecular weight is 496 g/mol. The summed E-state index contributed by atoms with van der Waals surface area (Å²) in [5.74, 6) is 0.207. The lowest BCUT2D eigenvalue weighted by Gasteiger charge is -2.37. The van der Waals surface area contributed by atoms with Gasteiger partial charge in [-0.1, -0.05) is 19.8 Å². The molecule has 1 heterocycles. The molecule has 9 nitrogen and oxygen atoms in total. The van der Waals surface area contributed by atoms with Crippen molar-refractivity contribution in [2.24, 2.45) is 11.8 Å². The number of methoxy groups -OCH3 is 1. The van der Waals surface area contributed by atoms with Crippen LogP contribution in [0.4, 0.5) is 5.69 Å². The Morgan fingerprint density at radius 3 is 2.47 bits per heavy atom. The van der Waals surface area contributed by atoms with E-state index in [-0.39, 0.29) is 48.2 Å². The maximum absolute atomic E-state index is 13.4. The largest absolute Gasteiger partial charge is 0.491 e. The van der Waals surface area contributed by atoms with Crippen LogP contribution in [-0.2, 0) is 19.6 Å². The van der Waals surface area contributed by atoms with Crippen molar-refractivity contribution in [1.29, 1.82) is 0 Å². The first-order valence-electron chi connectivity index (χ1n) is 11.8. The summed E-state index contributed by atoms with van der Waals surface area (Å²) in [6.07, 6.45) is 4.77. The molecule has 3 atom stereocenters. The summed E-state index contributed by atoms with van der Waals surface area (Å²) in [4.78, 5) is 30.1. The Labute approximate surface area is 202 Å². The Bertz CT molecular complexity index is 992. The lowest BCUT2D eigenvalue weighted by Crippen LogP contribution is -2.50. The number of likely N-dealkylation sites (N-methyl/N-ethyl adjacent to an activating group) is 1. The van der Waals surface area contributed by atoms with Gasteiger partial charge in [0.15, 0.2) is 0 Å². The first-order chi connectivity index (χ1) is 16.0. The zero-order valence-electron chi connectivity index (χ0n) is 20.7. The second kappa shape index (κ2) is 10.9. The van der Waals surface area contributed by atoms with E-state index in [4.69, 9.17) is 9.47 Å². The van der Waals surface area contributed by atoms with Crippen molar-refractivity contribution < 1.29 is 27.5 Å². The highest BCUT2D eigenvalue weighted by atomic mass is 32.2. The summed E-state index contributed by atoms with van der Waals surface area (Å²) in [6, 6.07) is 4.38. The zero-order chi connectivity index (χ0) is 25.0. The van der Waals surface area contributed by atoms with Gasteiger partial charge < -0.3 is 19.3 Å². The van der Waals surface area contributed by atoms with E-state index >= 15 is 0 Å². The molecule has 0 radical (unpaired) electrons. The van der Waals surface area contributed by atoms with Crippen molar-refractivity contribution in [3.8, 4) is 5.75 Å². The Hall–Kier alpha value is -2.33. The number of nitrogens with zero attached hydrogens (tertiary/aromatic N) is 2. The third-order valence-electron chi connectivity index (χ3n) is 6.74. The molecule has 3 rings (SSSR count). The molecule has 1 fully saturated rings. The lowest BCUT2D eigenvalue weighted by molar-refractivity contribution is -0.139. The number of rotatable bonds is 4. The van der Waals surface area contributed by atoms with Gasteiger partial charge in [0.2, 0.25) is 15.9 Å². The molecule has 1 N–H and O–H groups in total. The topological polar surface area (TPSA) is 105 Å². The molecule has 34 heavy (non-hydrogen) atoms. The standard InChI is InChI=1S/C24H37N3O6S/c1-16-13-27(23(28)18-8-6-7-9-18)17(2)15-33-21-12-19(25-34(5,30)31)10-11-20(21)24(29)26(3)14-22(16)32-4/h10-12,16-18,22,25H,6-9,13-15H2,1-5H3/t16-,17-,22-/m0/s1. The van der Waals surface area contributed by atoms with Crippen molar-refractivity contribution in [2.45, 2.75) is 51.7 Å². The van der Waals surface area contributed by atoms with E-state index in [1.165, 1.54) is 12.1 Å². The highest BCUT2D eigenvalue weighted by Crippen LogP contribution is 2.30. The van der Waals surface area contributed by atoms with E-state index in [2.05, 4.69) is 4.72 Å². The van der Waals surface area contributed by atoms with Crippen molar-refractivity contribution in [2.75, 3.05) is 44.8 Å². The molecule has 10 heteroatoms. The number of ether oxygens (including phenoxy) is 2. The Morgan fingerprint density at radius 1 is 1.18 bits per heavy atom. The number of carbonyl (C=O) groups excluding carboxylic acids is 2. The number of amides is 2. The molecule has 1 aromatic carbocycles. The van der Waals surface area contributed by atoms with Gasteiger partial charge >= 0.3 is 0 Å². The van der Waals surface area contributed by atoms with Crippen molar-refractivity contribution in [3.63, 3.8) is 0 Å². The molecular formula is C24H37N3O6S. The predicted octanol–water partition coefficient (Wildman–Crippen LogP) is 2.58. The number of hydrogen-bond acceptors (Lipinski definition) is 6. The van der Waals surface area contributed by atoms with Crippen LogP contribution in [0.15, 0.2) is 18.2 Å². The third kappa shape index (κ3) is 6.41. The molecule has 0 unspecified atom stereocenters. The van der Waals surface area contributed by atoms with Crippen LogP contribution in [0, 0.1) is 11.8 Å². The highest BCUT2D eigenvalue weighted by molar-refractivity contribution is 7.92.